The number of rotatable bonds is 6. The van der Waals surface area contributed by atoms with Crippen LogP contribution in [-0.4, -0.2) is 26.9 Å². The Morgan fingerprint density at radius 3 is 2.23 bits per heavy atom. The zero-order valence-corrected chi connectivity index (χ0v) is 12.5. The van der Waals surface area contributed by atoms with E-state index in [1.54, 1.807) is 36.4 Å². The fourth-order valence-corrected chi connectivity index (χ4v) is 2.88. The molecule has 0 fully saturated rings. The van der Waals surface area contributed by atoms with Gasteiger partial charge in [-0.25, -0.2) is 4.79 Å². The topological polar surface area (TPSA) is 83.5 Å². The molecule has 0 heterocycles. The zero-order valence-electron chi connectivity index (χ0n) is 11.7. The average Bonchev–Trinajstić information content (AvgIpc) is 2.48. The molecular formula is C16H15NO4S. The molecule has 0 spiro atoms. The van der Waals surface area contributed by atoms with Crippen LogP contribution in [0, 0.1) is 0 Å². The summed E-state index contributed by atoms with van der Waals surface area (Å²) in [5.41, 5.74) is 1.57. The molecule has 22 heavy (non-hydrogen) atoms. The molecule has 2 rings (SSSR count). The van der Waals surface area contributed by atoms with Crippen molar-refractivity contribution in [3.8, 4) is 0 Å². The van der Waals surface area contributed by atoms with Gasteiger partial charge in [-0.05, 0) is 29.8 Å². The van der Waals surface area contributed by atoms with Crippen molar-refractivity contribution >= 4 is 28.4 Å². The van der Waals surface area contributed by atoms with E-state index in [0.717, 1.165) is 5.56 Å². The standard InChI is InChI=1S/C16H15NO4S/c18-15(17-14-4-2-1-3-5-14)11-22(21)10-12-6-8-13(9-7-12)16(19)20/h1-9H,10-11H2,(H,17,18)(H,19,20). The van der Waals surface area contributed by atoms with Gasteiger partial charge in [-0.1, -0.05) is 30.3 Å². The summed E-state index contributed by atoms with van der Waals surface area (Å²) in [6.07, 6.45) is 0. The van der Waals surface area contributed by atoms with Crippen LogP contribution in [0.3, 0.4) is 0 Å². The van der Waals surface area contributed by atoms with Crippen molar-refractivity contribution < 1.29 is 18.9 Å². The second-order valence-corrected chi connectivity index (χ2v) is 6.10. The fourth-order valence-electron chi connectivity index (χ4n) is 1.85. The van der Waals surface area contributed by atoms with Crippen LogP contribution in [0.25, 0.3) is 0 Å². The number of para-hydroxylation sites is 1. The summed E-state index contributed by atoms with van der Waals surface area (Å²) in [6, 6.07) is 15.1. The molecule has 0 aliphatic heterocycles. The van der Waals surface area contributed by atoms with E-state index in [4.69, 9.17) is 5.11 Å². The number of benzene rings is 2. The van der Waals surface area contributed by atoms with Crippen molar-refractivity contribution in [2.24, 2.45) is 0 Å². The predicted octanol–water partition coefficient (Wildman–Crippen LogP) is 2.27. The Morgan fingerprint density at radius 2 is 1.64 bits per heavy atom. The minimum Gasteiger partial charge on any atom is -0.478 e. The molecule has 2 aromatic rings. The maximum absolute atomic E-state index is 12.0. The van der Waals surface area contributed by atoms with Gasteiger partial charge in [0.2, 0.25) is 5.91 Å². The molecule has 6 heteroatoms. The minimum absolute atomic E-state index is 0.102. The number of carbonyl (C=O) groups is 2. The number of nitrogens with one attached hydrogen (secondary N) is 1. The number of aromatic carboxylic acids is 1. The van der Waals surface area contributed by atoms with E-state index in [1.165, 1.54) is 12.1 Å². The first-order valence-electron chi connectivity index (χ1n) is 6.57. The SMILES string of the molecule is O=C(CS(=O)Cc1ccc(C(=O)O)cc1)Nc1ccccc1. The Bertz CT molecular complexity index is 683. The second kappa shape index (κ2) is 7.51. The molecule has 114 valence electrons. The third kappa shape index (κ3) is 4.82. The van der Waals surface area contributed by atoms with E-state index in [0.29, 0.717) is 5.69 Å². The molecule has 0 saturated heterocycles. The highest BCUT2D eigenvalue weighted by molar-refractivity contribution is 7.84. The number of anilines is 1. The molecule has 1 atom stereocenters. The summed E-state index contributed by atoms with van der Waals surface area (Å²) >= 11 is 0. The molecule has 2 N–H and O–H groups in total. The Hall–Kier alpha value is -2.47. The summed E-state index contributed by atoms with van der Waals surface area (Å²) in [5.74, 6) is -1.21. The van der Waals surface area contributed by atoms with E-state index in [1.807, 2.05) is 6.07 Å². The van der Waals surface area contributed by atoms with E-state index < -0.39 is 16.8 Å². The van der Waals surface area contributed by atoms with Crippen LogP contribution in [0.2, 0.25) is 0 Å². The van der Waals surface area contributed by atoms with Gasteiger partial charge in [0, 0.05) is 22.2 Å². The Kier molecular flexibility index (Phi) is 5.43. The van der Waals surface area contributed by atoms with E-state index in [9.17, 15) is 13.8 Å². The molecule has 0 aliphatic rings. The van der Waals surface area contributed by atoms with Crippen molar-refractivity contribution in [3.05, 3.63) is 65.7 Å². The first-order chi connectivity index (χ1) is 10.5. The van der Waals surface area contributed by atoms with Gasteiger partial charge >= 0.3 is 5.97 Å². The summed E-state index contributed by atoms with van der Waals surface area (Å²) in [6.45, 7) is 0. The maximum Gasteiger partial charge on any atom is 0.335 e. The fraction of sp³-hybridized carbons (Fsp3) is 0.125. The van der Waals surface area contributed by atoms with Gasteiger partial charge in [0.15, 0.2) is 0 Å². The summed E-state index contributed by atoms with van der Waals surface area (Å²) in [4.78, 5) is 22.5. The van der Waals surface area contributed by atoms with E-state index in [2.05, 4.69) is 5.32 Å². The van der Waals surface area contributed by atoms with Crippen molar-refractivity contribution in [2.75, 3.05) is 11.1 Å². The number of carboxylic acid groups (broad SMARTS) is 1. The highest BCUT2D eigenvalue weighted by atomic mass is 32.2. The Morgan fingerprint density at radius 1 is 1.00 bits per heavy atom. The number of carboxylic acids is 1. The zero-order chi connectivity index (χ0) is 15.9. The van der Waals surface area contributed by atoms with Crippen molar-refractivity contribution in [1.29, 1.82) is 0 Å². The lowest BCUT2D eigenvalue weighted by Gasteiger charge is -2.05. The van der Waals surface area contributed by atoms with Gasteiger partial charge in [-0.2, -0.15) is 0 Å². The lowest BCUT2D eigenvalue weighted by atomic mass is 10.1. The summed E-state index contributed by atoms with van der Waals surface area (Å²) < 4.78 is 12.0. The smallest absolute Gasteiger partial charge is 0.335 e. The van der Waals surface area contributed by atoms with Gasteiger partial charge in [-0.3, -0.25) is 9.00 Å². The number of amides is 1. The van der Waals surface area contributed by atoms with Crippen molar-refractivity contribution in [3.63, 3.8) is 0 Å². The van der Waals surface area contributed by atoms with Crippen LogP contribution in [-0.2, 0) is 21.3 Å². The summed E-state index contributed by atoms with van der Waals surface area (Å²) in [7, 11) is -1.35. The molecule has 0 radical (unpaired) electrons. The summed E-state index contributed by atoms with van der Waals surface area (Å²) in [5, 5.41) is 11.5. The number of hydrogen-bond acceptors (Lipinski definition) is 3. The highest BCUT2D eigenvalue weighted by Crippen LogP contribution is 2.08. The second-order valence-electron chi connectivity index (χ2n) is 4.64. The van der Waals surface area contributed by atoms with Crippen LogP contribution in [0.15, 0.2) is 54.6 Å². The molecule has 1 amide bonds. The quantitative estimate of drug-likeness (QED) is 0.856. The third-order valence-corrected chi connectivity index (χ3v) is 4.12. The molecule has 0 aliphatic carbocycles. The van der Waals surface area contributed by atoms with Gasteiger partial charge in [0.05, 0.1) is 5.56 Å². The molecular weight excluding hydrogens is 302 g/mol. The van der Waals surface area contributed by atoms with Gasteiger partial charge < -0.3 is 10.4 Å². The largest absolute Gasteiger partial charge is 0.478 e. The van der Waals surface area contributed by atoms with Crippen LogP contribution >= 0.6 is 0 Å². The van der Waals surface area contributed by atoms with Crippen LogP contribution in [0.1, 0.15) is 15.9 Å². The van der Waals surface area contributed by atoms with Gasteiger partial charge in [0.1, 0.15) is 5.75 Å². The van der Waals surface area contributed by atoms with E-state index >= 15 is 0 Å². The number of carbonyl (C=O) groups excluding carboxylic acids is 1. The van der Waals surface area contributed by atoms with Gasteiger partial charge in [-0.15, -0.1) is 0 Å². The lowest BCUT2D eigenvalue weighted by molar-refractivity contribution is -0.113. The minimum atomic E-state index is -1.35. The van der Waals surface area contributed by atoms with Crippen molar-refractivity contribution in [2.45, 2.75) is 5.75 Å². The molecule has 1 unspecified atom stereocenters. The Balaban J connectivity index is 1.87. The molecule has 2 aromatic carbocycles. The van der Waals surface area contributed by atoms with Crippen molar-refractivity contribution in [1.82, 2.24) is 0 Å². The first-order valence-corrected chi connectivity index (χ1v) is 8.05. The van der Waals surface area contributed by atoms with Crippen LogP contribution in [0.5, 0.6) is 0 Å². The monoisotopic (exact) mass is 317 g/mol. The lowest BCUT2D eigenvalue weighted by Crippen LogP contribution is -2.20. The van der Waals surface area contributed by atoms with Crippen LogP contribution in [0.4, 0.5) is 5.69 Å². The van der Waals surface area contributed by atoms with Gasteiger partial charge in [0.25, 0.3) is 0 Å². The molecule has 0 bridgehead atoms. The molecule has 0 aromatic heterocycles. The third-order valence-electron chi connectivity index (χ3n) is 2.88. The molecule has 5 nitrogen and oxygen atoms in total. The molecule has 0 saturated carbocycles. The average molecular weight is 317 g/mol. The predicted molar refractivity (Wildman–Crippen MR) is 85.2 cm³/mol. The Labute approximate surface area is 130 Å². The number of hydrogen-bond donors (Lipinski definition) is 2. The highest BCUT2D eigenvalue weighted by Gasteiger charge is 2.10. The maximum atomic E-state index is 12.0. The first kappa shape index (κ1) is 15.9. The van der Waals surface area contributed by atoms with Crippen LogP contribution < -0.4 is 5.32 Å². The normalized spacial score (nSPS) is 11.6. The van der Waals surface area contributed by atoms with E-state index in [-0.39, 0.29) is 23.0 Å².